The van der Waals surface area contributed by atoms with Crippen LogP contribution in [0.5, 0.6) is 0 Å². The zero-order valence-corrected chi connectivity index (χ0v) is 13.2. The summed E-state index contributed by atoms with van der Waals surface area (Å²) >= 11 is 0. The highest BCUT2D eigenvalue weighted by Gasteiger charge is 2.33. The highest BCUT2D eigenvalue weighted by atomic mass is 16.5. The molecular weight excluding hydrogens is 268 g/mol. The lowest BCUT2D eigenvalue weighted by molar-refractivity contribution is -0.122. The van der Waals surface area contributed by atoms with Crippen LogP contribution in [0.1, 0.15) is 33.0 Å². The molecule has 0 radical (unpaired) electrons. The number of carbonyl (C=O) groups excluding carboxylic acids is 1. The number of nitrogens with zero attached hydrogens (tertiary/aromatic N) is 3. The van der Waals surface area contributed by atoms with E-state index in [9.17, 15) is 4.79 Å². The lowest BCUT2D eigenvalue weighted by atomic mass is 9.96. The highest BCUT2D eigenvalue weighted by molar-refractivity contribution is 5.83. The Morgan fingerprint density at radius 1 is 1.52 bits per heavy atom. The van der Waals surface area contributed by atoms with Crippen LogP contribution in [0.25, 0.3) is 0 Å². The first-order valence-corrected chi connectivity index (χ1v) is 7.82. The number of aromatic nitrogens is 3. The molecule has 0 amide bonds. The number of ether oxygens (including phenoxy) is 1. The van der Waals surface area contributed by atoms with E-state index in [-0.39, 0.29) is 17.7 Å². The Hall–Kier alpha value is -1.27. The van der Waals surface area contributed by atoms with E-state index in [1.54, 1.807) is 0 Å². The average molecular weight is 294 g/mol. The summed E-state index contributed by atoms with van der Waals surface area (Å²) in [4.78, 5) is 16.8. The van der Waals surface area contributed by atoms with Gasteiger partial charge in [0.2, 0.25) is 0 Å². The van der Waals surface area contributed by atoms with Crippen molar-refractivity contribution in [2.45, 2.75) is 46.2 Å². The van der Waals surface area contributed by atoms with E-state index in [1.807, 2.05) is 4.68 Å². The van der Waals surface area contributed by atoms with Crippen LogP contribution in [0, 0.1) is 11.8 Å². The molecule has 1 fully saturated rings. The summed E-state index contributed by atoms with van der Waals surface area (Å²) in [6, 6.07) is 0.138. The van der Waals surface area contributed by atoms with Crippen LogP contribution in [0.2, 0.25) is 0 Å². The van der Waals surface area contributed by atoms with Crippen molar-refractivity contribution in [2.75, 3.05) is 19.8 Å². The second-order valence-electron chi connectivity index (χ2n) is 6.10. The molecule has 118 valence electrons. The van der Waals surface area contributed by atoms with Crippen molar-refractivity contribution < 1.29 is 9.53 Å². The number of hydrogen-bond donors (Lipinski definition) is 1. The molecule has 1 aliphatic heterocycles. The molecule has 6 nitrogen and oxygen atoms in total. The zero-order chi connectivity index (χ0) is 15.2. The van der Waals surface area contributed by atoms with Gasteiger partial charge in [-0.1, -0.05) is 20.8 Å². The first kappa shape index (κ1) is 16.1. The minimum absolute atomic E-state index is 0.0688. The van der Waals surface area contributed by atoms with Gasteiger partial charge in [-0.25, -0.2) is 9.67 Å². The van der Waals surface area contributed by atoms with Crippen molar-refractivity contribution in [2.24, 2.45) is 11.8 Å². The topological polar surface area (TPSA) is 69.0 Å². The van der Waals surface area contributed by atoms with Gasteiger partial charge in [-0.3, -0.25) is 4.79 Å². The van der Waals surface area contributed by atoms with E-state index in [1.165, 1.54) is 6.33 Å². The molecular formula is C15H26N4O2. The molecule has 0 aliphatic carbocycles. The van der Waals surface area contributed by atoms with E-state index in [0.717, 1.165) is 25.3 Å². The van der Waals surface area contributed by atoms with Crippen LogP contribution in [0.4, 0.5) is 0 Å². The summed E-state index contributed by atoms with van der Waals surface area (Å²) in [7, 11) is 0. The molecule has 0 aromatic carbocycles. The summed E-state index contributed by atoms with van der Waals surface area (Å²) in [6.45, 7) is 9.22. The fourth-order valence-electron chi connectivity index (χ4n) is 2.61. The molecule has 0 saturated carbocycles. The molecule has 2 heterocycles. The molecule has 2 rings (SSSR count). The fraction of sp³-hybridized carbons (Fsp3) is 0.800. The van der Waals surface area contributed by atoms with Crippen LogP contribution in [-0.2, 0) is 22.5 Å². The second-order valence-corrected chi connectivity index (χ2v) is 6.10. The van der Waals surface area contributed by atoms with Crippen molar-refractivity contribution in [1.82, 2.24) is 20.1 Å². The lowest BCUT2D eigenvalue weighted by Crippen LogP contribution is -2.40. The van der Waals surface area contributed by atoms with Gasteiger partial charge in [0, 0.05) is 12.6 Å². The Morgan fingerprint density at radius 2 is 2.33 bits per heavy atom. The smallest absolute Gasteiger partial charge is 0.147 e. The van der Waals surface area contributed by atoms with Gasteiger partial charge in [-0.2, -0.15) is 5.10 Å². The number of hydrogen-bond acceptors (Lipinski definition) is 5. The summed E-state index contributed by atoms with van der Waals surface area (Å²) in [5.41, 5.74) is 0. The van der Waals surface area contributed by atoms with Gasteiger partial charge < -0.3 is 10.1 Å². The quantitative estimate of drug-likeness (QED) is 0.776. The molecule has 1 N–H and O–H groups in total. The number of rotatable bonds is 8. The maximum atomic E-state index is 12.5. The summed E-state index contributed by atoms with van der Waals surface area (Å²) in [5, 5.41) is 7.61. The van der Waals surface area contributed by atoms with E-state index in [0.29, 0.717) is 25.6 Å². The minimum atomic E-state index is -0.0688. The molecule has 1 saturated heterocycles. The molecule has 1 aromatic heterocycles. The Bertz CT molecular complexity index is 458. The van der Waals surface area contributed by atoms with Gasteiger partial charge in [0.1, 0.15) is 17.9 Å². The van der Waals surface area contributed by atoms with Crippen LogP contribution in [0.15, 0.2) is 6.33 Å². The maximum absolute atomic E-state index is 12.5. The molecule has 0 spiro atoms. The zero-order valence-electron chi connectivity index (χ0n) is 13.2. The third kappa shape index (κ3) is 4.35. The molecule has 6 heteroatoms. The first-order chi connectivity index (χ1) is 10.1. The number of nitrogens with one attached hydrogen (secondary N) is 1. The Labute approximate surface area is 126 Å². The summed E-state index contributed by atoms with van der Waals surface area (Å²) in [5.74, 6) is 1.36. The predicted molar refractivity (Wildman–Crippen MR) is 80.0 cm³/mol. The van der Waals surface area contributed by atoms with Crippen molar-refractivity contribution in [3.8, 4) is 0 Å². The second kappa shape index (κ2) is 7.66. The van der Waals surface area contributed by atoms with E-state index in [4.69, 9.17) is 4.74 Å². The van der Waals surface area contributed by atoms with Gasteiger partial charge in [-0.15, -0.1) is 0 Å². The third-order valence-electron chi connectivity index (χ3n) is 3.72. The standard InChI is InChI=1S/C15H26N4O2/c1-4-5-16-13-9-21-8-12(13)14(20)6-15-17-10-18-19(15)7-11(2)3/h10-13,16H,4-9H2,1-3H3. The summed E-state index contributed by atoms with van der Waals surface area (Å²) < 4.78 is 7.32. The number of ketones is 1. The number of carbonyl (C=O) groups is 1. The van der Waals surface area contributed by atoms with Gasteiger partial charge in [0.05, 0.1) is 25.6 Å². The number of Topliss-reactive ketones (excluding diaryl/α,β-unsaturated/α-hetero) is 1. The van der Waals surface area contributed by atoms with Crippen LogP contribution in [0.3, 0.4) is 0 Å². The molecule has 2 unspecified atom stereocenters. The van der Waals surface area contributed by atoms with Gasteiger partial charge in [-0.05, 0) is 18.9 Å². The van der Waals surface area contributed by atoms with Crippen molar-refractivity contribution in [3.63, 3.8) is 0 Å². The van der Waals surface area contributed by atoms with Gasteiger partial charge in [0.25, 0.3) is 0 Å². The average Bonchev–Trinajstić information content (AvgIpc) is 3.05. The van der Waals surface area contributed by atoms with Crippen molar-refractivity contribution in [3.05, 3.63) is 12.2 Å². The monoisotopic (exact) mass is 294 g/mol. The minimum Gasteiger partial charge on any atom is -0.379 e. The van der Waals surface area contributed by atoms with Crippen molar-refractivity contribution in [1.29, 1.82) is 0 Å². The predicted octanol–water partition coefficient (Wildman–Crippen LogP) is 1.06. The maximum Gasteiger partial charge on any atom is 0.147 e. The molecule has 2 atom stereocenters. The van der Waals surface area contributed by atoms with E-state index < -0.39 is 0 Å². The van der Waals surface area contributed by atoms with Gasteiger partial charge in [0.15, 0.2) is 0 Å². The largest absolute Gasteiger partial charge is 0.379 e. The van der Waals surface area contributed by atoms with E-state index >= 15 is 0 Å². The van der Waals surface area contributed by atoms with Gasteiger partial charge >= 0.3 is 0 Å². The lowest BCUT2D eigenvalue weighted by Gasteiger charge is -2.17. The van der Waals surface area contributed by atoms with Crippen LogP contribution in [-0.4, -0.2) is 46.3 Å². The van der Waals surface area contributed by atoms with Crippen LogP contribution >= 0.6 is 0 Å². The SMILES string of the molecule is CCCNC1COCC1C(=O)Cc1ncnn1CC(C)C. The molecule has 21 heavy (non-hydrogen) atoms. The molecule has 0 bridgehead atoms. The molecule has 1 aliphatic rings. The van der Waals surface area contributed by atoms with Crippen molar-refractivity contribution >= 4 is 5.78 Å². The Kier molecular flexibility index (Phi) is 5.87. The fourth-order valence-corrected chi connectivity index (χ4v) is 2.61. The highest BCUT2D eigenvalue weighted by Crippen LogP contribution is 2.17. The normalized spacial score (nSPS) is 22.1. The Morgan fingerprint density at radius 3 is 3.05 bits per heavy atom. The van der Waals surface area contributed by atoms with E-state index in [2.05, 4.69) is 36.2 Å². The summed E-state index contributed by atoms with van der Waals surface area (Å²) in [6.07, 6.45) is 2.92. The Balaban J connectivity index is 1.96. The van der Waals surface area contributed by atoms with Crippen LogP contribution < -0.4 is 5.32 Å². The molecule has 1 aromatic rings. The first-order valence-electron chi connectivity index (χ1n) is 7.82. The third-order valence-corrected chi connectivity index (χ3v) is 3.72.